The highest BCUT2D eigenvalue weighted by Crippen LogP contribution is 2.19. The van der Waals surface area contributed by atoms with Crippen molar-refractivity contribution in [2.24, 2.45) is 4.99 Å². The maximum atomic E-state index is 10.4. The molecule has 0 spiro atoms. The zero-order chi connectivity index (χ0) is 18.8. The van der Waals surface area contributed by atoms with Gasteiger partial charge in [-0.3, -0.25) is 4.99 Å². The van der Waals surface area contributed by atoms with Gasteiger partial charge in [0.15, 0.2) is 5.96 Å². The average Bonchev–Trinajstić information content (AvgIpc) is 2.67. The summed E-state index contributed by atoms with van der Waals surface area (Å²) in [4.78, 5) is 4.47. The van der Waals surface area contributed by atoms with Crippen molar-refractivity contribution < 1.29 is 9.84 Å². The van der Waals surface area contributed by atoms with Gasteiger partial charge < -0.3 is 20.5 Å². The number of guanidine groups is 1. The number of halogens is 1. The minimum Gasteiger partial charge on any atom is -0.497 e. The van der Waals surface area contributed by atoms with Crippen LogP contribution in [0.5, 0.6) is 5.75 Å². The summed E-state index contributed by atoms with van der Waals surface area (Å²) >= 11 is 5.90. The number of nitrogens with one attached hydrogen (secondary N) is 2. The van der Waals surface area contributed by atoms with E-state index in [1.165, 1.54) is 5.56 Å². The molecule has 1 unspecified atom stereocenters. The Labute approximate surface area is 160 Å². The third-order valence-electron chi connectivity index (χ3n) is 3.86. The Balaban J connectivity index is 1.89. The van der Waals surface area contributed by atoms with Crippen LogP contribution in [-0.2, 0) is 6.42 Å². The van der Waals surface area contributed by atoms with E-state index in [-0.39, 0.29) is 6.54 Å². The number of methoxy groups -OCH3 is 1. The third kappa shape index (κ3) is 6.58. The Morgan fingerprint density at radius 3 is 2.65 bits per heavy atom. The molecular weight excluding hydrogens is 350 g/mol. The Bertz CT molecular complexity index is 704. The summed E-state index contributed by atoms with van der Waals surface area (Å²) in [5.41, 5.74) is 1.99. The molecular formula is C20H26ClN3O2. The second-order valence-corrected chi connectivity index (χ2v) is 6.25. The number of benzene rings is 2. The van der Waals surface area contributed by atoms with Gasteiger partial charge in [0.2, 0.25) is 0 Å². The predicted molar refractivity (Wildman–Crippen MR) is 107 cm³/mol. The van der Waals surface area contributed by atoms with E-state index in [4.69, 9.17) is 16.3 Å². The summed E-state index contributed by atoms with van der Waals surface area (Å²) in [6.45, 7) is 3.77. The quantitative estimate of drug-likeness (QED) is 0.489. The van der Waals surface area contributed by atoms with Crippen molar-refractivity contribution in [3.8, 4) is 5.75 Å². The lowest BCUT2D eigenvalue weighted by atomic mass is 10.1. The Morgan fingerprint density at radius 1 is 1.19 bits per heavy atom. The maximum Gasteiger partial charge on any atom is 0.191 e. The van der Waals surface area contributed by atoms with Crippen LogP contribution in [0.25, 0.3) is 0 Å². The highest BCUT2D eigenvalue weighted by molar-refractivity contribution is 6.30. The van der Waals surface area contributed by atoms with Crippen molar-refractivity contribution in [1.82, 2.24) is 10.6 Å². The van der Waals surface area contributed by atoms with Crippen molar-refractivity contribution in [3.05, 3.63) is 64.7 Å². The van der Waals surface area contributed by atoms with Crippen LogP contribution in [0.4, 0.5) is 0 Å². The van der Waals surface area contributed by atoms with Crippen LogP contribution in [0, 0.1) is 0 Å². The largest absolute Gasteiger partial charge is 0.497 e. The van der Waals surface area contributed by atoms with Crippen molar-refractivity contribution in [3.63, 3.8) is 0 Å². The molecule has 0 heterocycles. The molecule has 2 rings (SSSR count). The second kappa shape index (κ2) is 10.7. The molecule has 0 aliphatic carbocycles. The molecule has 6 heteroatoms. The van der Waals surface area contributed by atoms with Gasteiger partial charge >= 0.3 is 0 Å². The smallest absolute Gasteiger partial charge is 0.191 e. The fraction of sp³-hybridized carbons (Fsp3) is 0.350. The minimum atomic E-state index is -0.683. The molecule has 2 aromatic rings. The lowest BCUT2D eigenvalue weighted by molar-refractivity contribution is 0.186. The fourth-order valence-electron chi connectivity index (χ4n) is 2.45. The molecule has 0 saturated carbocycles. The van der Waals surface area contributed by atoms with Gasteiger partial charge in [-0.1, -0.05) is 35.9 Å². The number of aliphatic hydroxyl groups excluding tert-OH is 1. The molecule has 0 saturated heterocycles. The van der Waals surface area contributed by atoms with Crippen molar-refractivity contribution in [1.29, 1.82) is 0 Å². The van der Waals surface area contributed by atoms with Gasteiger partial charge in [0.05, 0.1) is 19.8 Å². The van der Waals surface area contributed by atoms with E-state index < -0.39 is 6.10 Å². The first-order valence-corrected chi connectivity index (χ1v) is 9.08. The number of rotatable bonds is 8. The normalized spacial score (nSPS) is 12.5. The topological polar surface area (TPSA) is 65.9 Å². The van der Waals surface area contributed by atoms with Crippen LogP contribution in [0.2, 0.25) is 5.02 Å². The fourth-order valence-corrected chi connectivity index (χ4v) is 2.58. The first-order chi connectivity index (χ1) is 12.6. The first kappa shape index (κ1) is 20.1. The Hall–Kier alpha value is -2.24. The molecule has 0 aliphatic heterocycles. The van der Waals surface area contributed by atoms with Crippen molar-refractivity contribution in [2.75, 3.05) is 26.7 Å². The Morgan fingerprint density at radius 2 is 1.96 bits per heavy atom. The number of aliphatic hydroxyl groups is 1. The highest BCUT2D eigenvalue weighted by atomic mass is 35.5. The lowest BCUT2D eigenvalue weighted by Gasteiger charge is -2.14. The SMILES string of the molecule is CCNC(=NCC(O)c1cccc(OC)c1)NCCc1ccc(Cl)cc1. The van der Waals surface area contributed by atoms with Crippen molar-refractivity contribution >= 4 is 17.6 Å². The third-order valence-corrected chi connectivity index (χ3v) is 4.12. The summed E-state index contributed by atoms with van der Waals surface area (Å²) in [5.74, 6) is 1.40. The molecule has 2 aromatic carbocycles. The zero-order valence-corrected chi connectivity index (χ0v) is 16.0. The summed E-state index contributed by atoms with van der Waals surface area (Å²) in [6.07, 6.45) is 0.178. The molecule has 0 bridgehead atoms. The highest BCUT2D eigenvalue weighted by Gasteiger charge is 2.08. The van der Waals surface area contributed by atoms with Crippen LogP contribution in [-0.4, -0.2) is 37.8 Å². The van der Waals surface area contributed by atoms with Crippen LogP contribution in [0.1, 0.15) is 24.2 Å². The summed E-state index contributed by atoms with van der Waals surface area (Å²) in [5, 5.41) is 17.6. The Kier molecular flexibility index (Phi) is 8.25. The zero-order valence-electron chi connectivity index (χ0n) is 15.2. The summed E-state index contributed by atoms with van der Waals surface area (Å²) < 4.78 is 5.19. The molecule has 5 nitrogen and oxygen atoms in total. The van der Waals surface area contributed by atoms with Crippen LogP contribution in [0.15, 0.2) is 53.5 Å². The molecule has 26 heavy (non-hydrogen) atoms. The minimum absolute atomic E-state index is 0.267. The molecule has 0 fully saturated rings. The van der Waals surface area contributed by atoms with E-state index in [1.807, 2.05) is 55.5 Å². The number of aliphatic imine (C=N–C) groups is 1. The number of hydrogen-bond acceptors (Lipinski definition) is 3. The van der Waals surface area contributed by atoms with Crippen LogP contribution >= 0.6 is 11.6 Å². The number of ether oxygens (including phenoxy) is 1. The monoisotopic (exact) mass is 375 g/mol. The van der Waals surface area contributed by atoms with Crippen molar-refractivity contribution in [2.45, 2.75) is 19.4 Å². The maximum absolute atomic E-state index is 10.4. The van der Waals surface area contributed by atoms with E-state index in [0.717, 1.165) is 35.8 Å². The molecule has 0 aromatic heterocycles. The van der Waals surface area contributed by atoms with Gasteiger partial charge in [-0.15, -0.1) is 0 Å². The second-order valence-electron chi connectivity index (χ2n) is 5.82. The first-order valence-electron chi connectivity index (χ1n) is 8.71. The summed E-state index contributed by atoms with van der Waals surface area (Å²) in [7, 11) is 1.61. The van der Waals surface area contributed by atoms with E-state index >= 15 is 0 Å². The molecule has 3 N–H and O–H groups in total. The van der Waals surface area contributed by atoms with Crippen LogP contribution < -0.4 is 15.4 Å². The van der Waals surface area contributed by atoms with Gasteiger partial charge in [-0.05, 0) is 48.7 Å². The standard InChI is InChI=1S/C20H26ClN3O2/c1-3-22-20(23-12-11-15-7-9-17(21)10-8-15)24-14-19(25)16-5-4-6-18(13-16)26-2/h4-10,13,19,25H,3,11-12,14H2,1-2H3,(H2,22,23,24). The van der Waals surface area contributed by atoms with Gasteiger partial charge in [0, 0.05) is 18.1 Å². The molecule has 1 atom stereocenters. The van der Waals surface area contributed by atoms with E-state index in [0.29, 0.717) is 5.96 Å². The number of hydrogen-bond donors (Lipinski definition) is 3. The average molecular weight is 376 g/mol. The number of nitrogens with zero attached hydrogens (tertiary/aromatic N) is 1. The van der Waals surface area contributed by atoms with E-state index in [2.05, 4.69) is 15.6 Å². The molecule has 0 aliphatic rings. The predicted octanol–water partition coefficient (Wildman–Crippen LogP) is 3.18. The van der Waals surface area contributed by atoms with Crippen LogP contribution in [0.3, 0.4) is 0 Å². The van der Waals surface area contributed by atoms with E-state index in [1.54, 1.807) is 7.11 Å². The lowest BCUT2D eigenvalue weighted by Crippen LogP contribution is -2.38. The van der Waals surface area contributed by atoms with Gasteiger partial charge in [-0.25, -0.2) is 0 Å². The summed E-state index contributed by atoms with van der Waals surface area (Å²) in [6, 6.07) is 15.2. The molecule has 0 radical (unpaired) electrons. The van der Waals surface area contributed by atoms with E-state index in [9.17, 15) is 5.11 Å². The van der Waals surface area contributed by atoms with Gasteiger partial charge in [-0.2, -0.15) is 0 Å². The van der Waals surface area contributed by atoms with Gasteiger partial charge in [0.25, 0.3) is 0 Å². The molecule has 140 valence electrons. The molecule has 0 amide bonds. The van der Waals surface area contributed by atoms with Gasteiger partial charge in [0.1, 0.15) is 5.75 Å².